The van der Waals surface area contributed by atoms with E-state index in [1.165, 1.54) is 6.08 Å². The normalized spacial score (nSPS) is 11.1. The number of aromatic nitrogens is 1. The van der Waals surface area contributed by atoms with Crippen molar-refractivity contribution in [1.82, 2.24) is 10.3 Å². The van der Waals surface area contributed by atoms with Crippen LogP contribution in [0.5, 0.6) is 11.5 Å². The number of aromatic amines is 1. The number of carbonyl (C=O) groups is 2. The molecule has 8 nitrogen and oxygen atoms in total. The summed E-state index contributed by atoms with van der Waals surface area (Å²) in [6.07, 6.45) is 4.04. The zero-order chi connectivity index (χ0) is 27.6. The Morgan fingerprint density at radius 3 is 2.56 bits per heavy atom. The summed E-state index contributed by atoms with van der Waals surface area (Å²) < 4.78 is 12.0. The zero-order valence-electron chi connectivity index (χ0n) is 21.3. The molecule has 1 heterocycles. The Labute approximate surface area is 234 Å². The third-order valence-electron chi connectivity index (χ3n) is 5.80. The van der Waals surface area contributed by atoms with E-state index >= 15 is 0 Å². The molecule has 0 bridgehead atoms. The number of carbonyl (C=O) groups excluding carboxylic acids is 2. The first kappa shape index (κ1) is 27.5. The molecule has 4 aromatic rings. The lowest BCUT2D eigenvalue weighted by molar-refractivity contribution is -0.118. The number of benzene rings is 3. The molecule has 0 saturated heterocycles. The van der Waals surface area contributed by atoms with Crippen LogP contribution in [0.4, 0.5) is 5.69 Å². The molecule has 4 rings (SSSR count). The van der Waals surface area contributed by atoms with Crippen molar-refractivity contribution in [2.24, 2.45) is 0 Å². The molecule has 0 unspecified atom stereocenters. The second-order valence-corrected chi connectivity index (χ2v) is 9.35. The highest BCUT2D eigenvalue weighted by Crippen LogP contribution is 2.35. The molecule has 198 valence electrons. The first-order valence-electron chi connectivity index (χ1n) is 12.4. The van der Waals surface area contributed by atoms with Gasteiger partial charge in [0, 0.05) is 33.8 Å². The van der Waals surface area contributed by atoms with E-state index in [0.717, 1.165) is 16.5 Å². The Kier molecular flexibility index (Phi) is 9.38. The number of nitrogens with one attached hydrogen (secondary N) is 3. The maximum absolute atomic E-state index is 12.8. The predicted octanol–water partition coefficient (Wildman–Crippen LogP) is 5.61. The van der Waals surface area contributed by atoms with Crippen molar-refractivity contribution in [2.75, 3.05) is 25.1 Å². The molecule has 39 heavy (non-hydrogen) atoms. The van der Waals surface area contributed by atoms with Crippen LogP contribution in [0.25, 0.3) is 17.0 Å². The van der Waals surface area contributed by atoms with Crippen molar-refractivity contribution in [3.05, 3.63) is 94.1 Å². The lowest BCUT2D eigenvalue weighted by atomic mass is 10.1. The van der Waals surface area contributed by atoms with Gasteiger partial charge in [0.05, 0.1) is 6.61 Å². The van der Waals surface area contributed by atoms with Crippen LogP contribution in [-0.2, 0) is 16.0 Å². The number of hydrogen-bond donors (Lipinski definition) is 3. The van der Waals surface area contributed by atoms with Gasteiger partial charge in [-0.15, -0.1) is 0 Å². The molecular formula is C30H27BrN4O4. The van der Waals surface area contributed by atoms with E-state index < -0.39 is 5.91 Å². The van der Waals surface area contributed by atoms with Crippen LogP contribution in [0, 0.1) is 11.3 Å². The van der Waals surface area contributed by atoms with E-state index in [-0.39, 0.29) is 18.1 Å². The molecule has 0 aliphatic rings. The summed E-state index contributed by atoms with van der Waals surface area (Å²) >= 11 is 3.48. The summed E-state index contributed by atoms with van der Waals surface area (Å²) in [4.78, 5) is 28.3. The van der Waals surface area contributed by atoms with Crippen molar-refractivity contribution in [2.45, 2.75) is 13.3 Å². The molecule has 0 aliphatic heterocycles. The fraction of sp³-hybridized carbons (Fsp3) is 0.167. The fourth-order valence-corrected chi connectivity index (χ4v) is 4.39. The molecule has 0 fully saturated rings. The molecule has 0 spiro atoms. The first-order valence-corrected chi connectivity index (χ1v) is 13.2. The minimum absolute atomic E-state index is 0.0482. The number of halogens is 1. The highest BCUT2D eigenvalue weighted by atomic mass is 79.9. The topological polar surface area (TPSA) is 116 Å². The lowest BCUT2D eigenvalue weighted by Gasteiger charge is -2.14. The van der Waals surface area contributed by atoms with E-state index in [1.54, 1.807) is 24.3 Å². The second kappa shape index (κ2) is 13.3. The van der Waals surface area contributed by atoms with Gasteiger partial charge in [-0.1, -0.05) is 52.3 Å². The van der Waals surface area contributed by atoms with Gasteiger partial charge in [0.15, 0.2) is 18.1 Å². The van der Waals surface area contributed by atoms with E-state index in [1.807, 2.05) is 61.7 Å². The van der Waals surface area contributed by atoms with Gasteiger partial charge >= 0.3 is 0 Å². The van der Waals surface area contributed by atoms with Gasteiger partial charge in [-0.2, -0.15) is 5.26 Å². The third-order valence-corrected chi connectivity index (χ3v) is 6.49. The van der Waals surface area contributed by atoms with Crippen molar-refractivity contribution in [3.8, 4) is 17.6 Å². The number of anilines is 1. The Hall–Kier alpha value is -4.55. The van der Waals surface area contributed by atoms with Crippen LogP contribution in [0.1, 0.15) is 18.1 Å². The van der Waals surface area contributed by atoms with Crippen LogP contribution in [0.15, 0.2) is 83.0 Å². The summed E-state index contributed by atoms with van der Waals surface area (Å²) in [5.74, 6) is -0.0535. The van der Waals surface area contributed by atoms with Crippen molar-refractivity contribution >= 4 is 50.4 Å². The van der Waals surface area contributed by atoms with Crippen LogP contribution in [0.3, 0.4) is 0 Å². The van der Waals surface area contributed by atoms with Crippen LogP contribution in [-0.4, -0.2) is 36.6 Å². The number of amides is 2. The Morgan fingerprint density at radius 1 is 1.05 bits per heavy atom. The van der Waals surface area contributed by atoms with E-state index in [9.17, 15) is 14.9 Å². The van der Waals surface area contributed by atoms with Gasteiger partial charge < -0.3 is 25.1 Å². The Balaban J connectivity index is 1.42. The van der Waals surface area contributed by atoms with Crippen molar-refractivity contribution in [3.63, 3.8) is 0 Å². The van der Waals surface area contributed by atoms with Crippen molar-refractivity contribution < 1.29 is 19.1 Å². The quantitative estimate of drug-likeness (QED) is 0.156. The maximum atomic E-state index is 12.8. The number of nitrogens with zero attached hydrogens (tertiary/aromatic N) is 1. The largest absolute Gasteiger partial charge is 0.490 e. The minimum Gasteiger partial charge on any atom is -0.490 e. The third kappa shape index (κ3) is 7.27. The summed E-state index contributed by atoms with van der Waals surface area (Å²) in [6, 6.07) is 22.3. The first-order chi connectivity index (χ1) is 19.0. The smallest absolute Gasteiger partial charge is 0.262 e. The fourth-order valence-electron chi connectivity index (χ4n) is 3.95. The van der Waals surface area contributed by atoms with Crippen LogP contribution < -0.4 is 20.1 Å². The van der Waals surface area contributed by atoms with Crippen LogP contribution >= 0.6 is 15.9 Å². The standard InChI is InChI=1S/C30H27BrN4O4/c1-2-38-27-15-21(25(31)16-28(27)39-19-29(36)35-23-8-4-3-5-9-23)14-22(17-32)30(37)33-13-12-20-18-34-26-11-7-6-10-24(20)26/h3-11,14-16,18,34H,2,12-13,19H2,1H3,(H,33,37)(H,35,36). The molecule has 0 radical (unpaired) electrons. The average molecular weight is 587 g/mol. The van der Waals surface area contributed by atoms with Crippen LogP contribution in [0.2, 0.25) is 0 Å². The average Bonchev–Trinajstić information content (AvgIpc) is 3.36. The van der Waals surface area contributed by atoms with Gasteiger partial charge in [-0.25, -0.2) is 0 Å². The Bertz CT molecular complexity index is 1540. The highest BCUT2D eigenvalue weighted by molar-refractivity contribution is 9.10. The molecule has 1 aromatic heterocycles. The SMILES string of the molecule is CCOc1cc(C=C(C#N)C(=O)NCCc2c[nH]c3ccccc23)c(Br)cc1OCC(=O)Nc1ccccc1. The second-order valence-electron chi connectivity index (χ2n) is 8.49. The molecule has 0 saturated carbocycles. The van der Waals surface area contributed by atoms with Crippen molar-refractivity contribution in [1.29, 1.82) is 5.26 Å². The summed E-state index contributed by atoms with van der Waals surface area (Å²) in [7, 11) is 0. The number of rotatable bonds is 11. The predicted molar refractivity (Wildman–Crippen MR) is 154 cm³/mol. The summed E-state index contributed by atoms with van der Waals surface area (Å²) in [5.41, 5.74) is 3.30. The number of H-pyrrole nitrogens is 1. The molecular weight excluding hydrogens is 560 g/mol. The summed E-state index contributed by atoms with van der Waals surface area (Å²) in [5, 5.41) is 16.4. The molecule has 3 N–H and O–H groups in total. The molecule has 9 heteroatoms. The Morgan fingerprint density at radius 2 is 1.79 bits per heavy atom. The molecule has 0 aliphatic carbocycles. The monoisotopic (exact) mass is 586 g/mol. The number of fused-ring (bicyclic) bond motifs is 1. The van der Waals surface area contributed by atoms with Gasteiger partial charge in [0.25, 0.3) is 11.8 Å². The van der Waals surface area contributed by atoms with Gasteiger partial charge in [-0.3, -0.25) is 9.59 Å². The minimum atomic E-state index is -0.472. The number of ether oxygens (including phenoxy) is 2. The van der Waals surface area contributed by atoms with E-state index in [2.05, 4.69) is 31.5 Å². The van der Waals surface area contributed by atoms with E-state index in [4.69, 9.17) is 9.47 Å². The molecule has 3 aromatic carbocycles. The van der Waals surface area contributed by atoms with Gasteiger partial charge in [-0.05, 0) is 60.9 Å². The number of para-hydroxylation sites is 2. The zero-order valence-corrected chi connectivity index (χ0v) is 22.9. The van der Waals surface area contributed by atoms with E-state index in [0.29, 0.717) is 46.8 Å². The lowest BCUT2D eigenvalue weighted by Crippen LogP contribution is -2.26. The highest BCUT2D eigenvalue weighted by Gasteiger charge is 2.15. The molecule has 0 atom stereocenters. The van der Waals surface area contributed by atoms with Gasteiger partial charge in [0.1, 0.15) is 11.6 Å². The summed E-state index contributed by atoms with van der Waals surface area (Å²) in [6.45, 7) is 2.34. The number of hydrogen-bond acceptors (Lipinski definition) is 5. The maximum Gasteiger partial charge on any atom is 0.262 e. The molecule has 2 amide bonds. The van der Waals surface area contributed by atoms with Gasteiger partial charge in [0.2, 0.25) is 0 Å². The number of nitriles is 1.